The molecule has 0 radical (unpaired) electrons. The van der Waals surface area contributed by atoms with Crippen molar-refractivity contribution >= 4 is 34.2 Å². The fraction of sp³-hybridized carbons (Fsp3) is 0.444. The predicted molar refractivity (Wildman–Crippen MR) is 175 cm³/mol. The Labute approximate surface area is 264 Å². The van der Waals surface area contributed by atoms with E-state index in [1.165, 1.54) is 6.08 Å². The van der Waals surface area contributed by atoms with E-state index in [1.54, 1.807) is 19.2 Å². The lowest BCUT2D eigenvalue weighted by Crippen LogP contribution is -2.43. The zero-order chi connectivity index (χ0) is 31.1. The van der Waals surface area contributed by atoms with E-state index in [1.807, 2.05) is 42.6 Å². The minimum Gasteiger partial charge on any atom is -0.495 e. The summed E-state index contributed by atoms with van der Waals surface area (Å²) in [6.07, 6.45) is 12.3. The standard InChI is InChI=1S/C36H43ClFN3O3/c1-3-7-30-21-25(22-33(42)27-12-14-28(37)15-13-27)16-19-40(30)17-6-18-41-24-32(31-10-5-11-34(44-2)35(31)41)36(43)39-23-26-8-4-9-29(38)20-26/h5,8,10-15,20,24-25,30H,3-4,6-7,9,16-19,21-23H2,1-2H3,(H,39,43)/t25-,30?/m1/s1. The van der Waals surface area contributed by atoms with Gasteiger partial charge in [0.1, 0.15) is 11.6 Å². The van der Waals surface area contributed by atoms with E-state index < -0.39 is 0 Å². The Morgan fingerprint density at radius 3 is 2.70 bits per heavy atom. The number of methoxy groups -OCH3 is 1. The summed E-state index contributed by atoms with van der Waals surface area (Å²) in [5.74, 6) is 0.996. The number of amides is 1. The zero-order valence-electron chi connectivity index (χ0n) is 25.8. The monoisotopic (exact) mass is 619 g/mol. The van der Waals surface area contributed by atoms with E-state index in [0.717, 1.165) is 79.5 Å². The van der Waals surface area contributed by atoms with Gasteiger partial charge in [0.05, 0.1) is 18.2 Å². The molecule has 1 fully saturated rings. The van der Waals surface area contributed by atoms with Gasteiger partial charge in [-0.1, -0.05) is 43.2 Å². The lowest BCUT2D eigenvalue weighted by atomic mass is 9.84. The number of benzene rings is 2. The number of aryl methyl sites for hydroxylation is 1. The first-order valence-corrected chi connectivity index (χ1v) is 16.3. The number of para-hydroxylation sites is 1. The van der Waals surface area contributed by atoms with E-state index in [4.69, 9.17) is 16.3 Å². The molecule has 8 heteroatoms. The third kappa shape index (κ3) is 7.80. The Balaban J connectivity index is 1.22. The Bertz CT molecular complexity index is 1530. The summed E-state index contributed by atoms with van der Waals surface area (Å²) in [5.41, 5.74) is 3.04. The van der Waals surface area contributed by atoms with Crippen molar-refractivity contribution in [2.45, 2.75) is 70.9 Å². The summed E-state index contributed by atoms with van der Waals surface area (Å²) >= 11 is 6.00. The number of carbonyl (C=O) groups excluding carboxylic acids is 2. The number of piperidine rings is 1. The minimum absolute atomic E-state index is 0.144. The van der Waals surface area contributed by atoms with Crippen LogP contribution in [0.25, 0.3) is 10.9 Å². The number of hydrogen-bond donors (Lipinski definition) is 1. The number of aromatic nitrogens is 1. The van der Waals surface area contributed by atoms with E-state index >= 15 is 0 Å². The summed E-state index contributed by atoms with van der Waals surface area (Å²) < 4.78 is 21.5. The normalized spacial score (nSPS) is 19.0. The van der Waals surface area contributed by atoms with Crippen LogP contribution < -0.4 is 10.1 Å². The number of Topliss-reactive ketones (excluding diaryl/α,β-unsaturated/α-hetero) is 1. The second kappa shape index (κ2) is 15.0. The third-order valence-electron chi connectivity index (χ3n) is 8.96. The van der Waals surface area contributed by atoms with Crippen LogP contribution in [-0.4, -0.2) is 53.9 Å². The molecular formula is C36H43ClFN3O3. The number of nitrogens with zero attached hydrogens (tertiary/aromatic N) is 2. The lowest BCUT2D eigenvalue weighted by molar-refractivity contribution is 0.0813. The molecule has 1 unspecified atom stereocenters. The molecule has 234 valence electrons. The van der Waals surface area contributed by atoms with Crippen molar-refractivity contribution in [2.24, 2.45) is 5.92 Å². The Morgan fingerprint density at radius 2 is 1.95 bits per heavy atom. The van der Waals surface area contributed by atoms with Crippen LogP contribution in [0.2, 0.25) is 5.02 Å². The first-order chi connectivity index (χ1) is 21.4. The number of fused-ring (bicyclic) bond motifs is 1. The fourth-order valence-corrected chi connectivity index (χ4v) is 6.86. The molecule has 2 heterocycles. The number of ether oxygens (including phenoxy) is 1. The number of carbonyl (C=O) groups is 2. The highest BCUT2D eigenvalue weighted by Crippen LogP contribution is 2.32. The van der Waals surface area contributed by atoms with Gasteiger partial charge in [-0.3, -0.25) is 9.59 Å². The van der Waals surface area contributed by atoms with Gasteiger partial charge in [0.2, 0.25) is 0 Å². The smallest absolute Gasteiger partial charge is 0.253 e. The summed E-state index contributed by atoms with van der Waals surface area (Å²) in [5, 5.41) is 4.47. The van der Waals surface area contributed by atoms with Gasteiger partial charge in [-0.05, 0) is 86.5 Å². The van der Waals surface area contributed by atoms with E-state index in [-0.39, 0.29) is 17.5 Å². The van der Waals surface area contributed by atoms with Crippen molar-refractivity contribution in [3.05, 3.63) is 88.4 Å². The molecular weight excluding hydrogens is 577 g/mol. The van der Waals surface area contributed by atoms with Gasteiger partial charge < -0.3 is 19.5 Å². The molecule has 1 amide bonds. The molecule has 5 rings (SSSR count). The molecule has 1 saturated heterocycles. The summed E-state index contributed by atoms with van der Waals surface area (Å²) in [6, 6.07) is 13.5. The van der Waals surface area contributed by atoms with E-state index in [0.29, 0.717) is 48.4 Å². The van der Waals surface area contributed by atoms with Crippen LogP contribution in [0, 0.1) is 5.92 Å². The number of allylic oxidation sites excluding steroid dienone is 2. The van der Waals surface area contributed by atoms with Crippen molar-refractivity contribution in [1.82, 2.24) is 14.8 Å². The minimum atomic E-state index is -0.180. The van der Waals surface area contributed by atoms with Crippen LogP contribution in [0.15, 0.2) is 72.2 Å². The Kier molecular flexibility index (Phi) is 10.9. The van der Waals surface area contributed by atoms with Crippen molar-refractivity contribution in [3.63, 3.8) is 0 Å². The third-order valence-corrected chi connectivity index (χ3v) is 9.22. The molecule has 3 aromatic rings. The van der Waals surface area contributed by atoms with Gasteiger partial charge in [-0.25, -0.2) is 4.39 Å². The maximum Gasteiger partial charge on any atom is 0.253 e. The van der Waals surface area contributed by atoms with Gasteiger partial charge in [-0.2, -0.15) is 0 Å². The first-order valence-electron chi connectivity index (χ1n) is 15.9. The van der Waals surface area contributed by atoms with Crippen molar-refractivity contribution in [3.8, 4) is 5.75 Å². The molecule has 1 N–H and O–H groups in total. The van der Waals surface area contributed by atoms with Gasteiger partial charge in [0.25, 0.3) is 5.91 Å². The van der Waals surface area contributed by atoms with Crippen LogP contribution in [-0.2, 0) is 6.54 Å². The first kappa shape index (κ1) is 32.0. The number of hydrogen-bond acceptors (Lipinski definition) is 4. The average molecular weight is 620 g/mol. The topological polar surface area (TPSA) is 63.6 Å². The second-order valence-corrected chi connectivity index (χ2v) is 12.5. The SMILES string of the molecule is CCCC1C[C@H](CC(=O)c2ccc(Cl)cc2)CCN1CCCn1cc(C(=O)NCC2=CCCC(F)=C2)c2cccc(OC)c21. The number of halogens is 2. The Hall–Kier alpha value is -3.42. The molecule has 1 aliphatic heterocycles. The Morgan fingerprint density at radius 1 is 1.14 bits per heavy atom. The molecule has 1 aromatic heterocycles. The molecule has 1 aliphatic carbocycles. The molecule has 2 aliphatic rings. The van der Waals surface area contributed by atoms with Crippen LogP contribution in [0.5, 0.6) is 5.75 Å². The fourth-order valence-electron chi connectivity index (χ4n) is 6.73. The van der Waals surface area contributed by atoms with Gasteiger partial charge >= 0.3 is 0 Å². The van der Waals surface area contributed by atoms with Gasteiger partial charge in [0, 0.05) is 60.7 Å². The van der Waals surface area contributed by atoms with Gasteiger partial charge in [-0.15, -0.1) is 0 Å². The van der Waals surface area contributed by atoms with Crippen LogP contribution in [0.1, 0.15) is 79.0 Å². The van der Waals surface area contributed by atoms with Crippen LogP contribution in [0.3, 0.4) is 0 Å². The summed E-state index contributed by atoms with van der Waals surface area (Å²) in [4.78, 5) is 28.8. The van der Waals surface area contributed by atoms with Crippen LogP contribution in [0.4, 0.5) is 4.39 Å². The highest BCUT2D eigenvalue weighted by atomic mass is 35.5. The van der Waals surface area contributed by atoms with Crippen molar-refractivity contribution in [1.29, 1.82) is 0 Å². The molecule has 2 aromatic carbocycles. The number of nitrogens with one attached hydrogen (secondary N) is 1. The predicted octanol–water partition coefficient (Wildman–Crippen LogP) is 8.15. The van der Waals surface area contributed by atoms with E-state index in [9.17, 15) is 14.0 Å². The number of likely N-dealkylation sites (tertiary alicyclic amines) is 1. The highest BCUT2D eigenvalue weighted by molar-refractivity contribution is 6.30. The van der Waals surface area contributed by atoms with E-state index in [2.05, 4.69) is 21.7 Å². The highest BCUT2D eigenvalue weighted by Gasteiger charge is 2.29. The van der Waals surface area contributed by atoms with Crippen LogP contribution >= 0.6 is 11.6 Å². The molecule has 0 spiro atoms. The summed E-state index contributed by atoms with van der Waals surface area (Å²) in [6.45, 7) is 5.20. The molecule has 6 nitrogen and oxygen atoms in total. The second-order valence-electron chi connectivity index (χ2n) is 12.0. The average Bonchev–Trinajstić information content (AvgIpc) is 3.40. The van der Waals surface area contributed by atoms with Crippen molar-refractivity contribution < 1.29 is 18.7 Å². The van der Waals surface area contributed by atoms with Crippen molar-refractivity contribution in [2.75, 3.05) is 26.7 Å². The summed E-state index contributed by atoms with van der Waals surface area (Å²) in [7, 11) is 1.65. The maximum absolute atomic E-state index is 13.7. The molecule has 0 saturated carbocycles. The largest absolute Gasteiger partial charge is 0.495 e. The zero-order valence-corrected chi connectivity index (χ0v) is 26.5. The van der Waals surface area contributed by atoms with Gasteiger partial charge in [0.15, 0.2) is 5.78 Å². The quantitative estimate of drug-likeness (QED) is 0.196. The maximum atomic E-state index is 13.7. The molecule has 0 bridgehead atoms. The molecule has 2 atom stereocenters. The number of rotatable bonds is 13. The molecule has 44 heavy (non-hydrogen) atoms. The number of ketones is 1. The lowest BCUT2D eigenvalue weighted by Gasteiger charge is -2.39.